The molecule has 4 heteroatoms. The summed E-state index contributed by atoms with van der Waals surface area (Å²) in [7, 11) is 0. The van der Waals surface area contributed by atoms with Gasteiger partial charge in [0, 0.05) is 23.6 Å². The van der Waals surface area contributed by atoms with E-state index < -0.39 is 5.97 Å². The highest BCUT2D eigenvalue weighted by atomic mass is 16.4. The molecule has 4 nitrogen and oxygen atoms in total. The number of para-hydroxylation sites is 1. The molecule has 3 N–H and O–H groups in total. The summed E-state index contributed by atoms with van der Waals surface area (Å²) in [5.41, 5.74) is 9.39. The second-order valence-electron chi connectivity index (χ2n) is 4.61. The van der Waals surface area contributed by atoms with Crippen LogP contribution in [0, 0.1) is 6.92 Å². The van der Waals surface area contributed by atoms with Crippen LogP contribution < -0.4 is 10.6 Å². The van der Waals surface area contributed by atoms with Gasteiger partial charge in [0.2, 0.25) is 0 Å². The predicted molar refractivity (Wildman–Crippen MR) is 81.7 cm³/mol. The van der Waals surface area contributed by atoms with Gasteiger partial charge in [-0.3, -0.25) is 0 Å². The Kier molecular flexibility index (Phi) is 3.94. The molecule has 0 radical (unpaired) electrons. The molecule has 2 aromatic carbocycles. The van der Waals surface area contributed by atoms with Crippen LogP contribution in [0.4, 0.5) is 17.1 Å². The monoisotopic (exact) mass is 270 g/mol. The molecule has 0 aliphatic rings. The first-order chi connectivity index (χ1) is 9.54. The van der Waals surface area contributed by atoms with Crippen LogP contribution in [0.1, 0.15) is 22.8 Å². The van der Waals surface area contributed by atoms with Crippen LogP contribution in [0.15, 0.2) is 42.5 Å². The molecule has 0 amide bonds. The van der Waals surface area contributed by atoms with E-state index in [1.54, 1.807) is 18.2 Å². The van der Waals surface area contributed by atoms with Gasteiger partial charge in [0.05, 0.1) is 5.56 Å². The summed E-state index contributed by atoms with van der Waals surface area (Å²) in [4.78, 5) is 13.1. The zero-order valence-electron chi connectivity index (χ0n) is 11.6. The van der Waals surface area contributed by atoms with Crippen molar-refractivity contribution in [2.75, 3.05) is 17.2 Å². The smallest absolute Gasteiger partial charge is 0.337 e. The number of aryl methyl sites for hydroxylation is 1. The molecular weight excluding hydrogens is 252 g/mol. The number of nitrogens with two attached hydrogens (primary N) is 1. The lowest BCUT2D eigenvalue weighted by Gasteiger charge is -2.25. The summed E-state index contributed by atoms with van der Waals surface area (Å²) < 4.78 is 0. The maximum atomic E-state index is 11.0. The number of rotatable bonds is 4. The minimum Gasteiger partial charge on any atom is -0.478 e. The average molecular weight is 270 g/mol. The number of benzene rings is 2. The SMILES string of the molecule is CCN(c1ccc(C(=O)O)c(N)c1)c1ccccc1C. The number of nitrogens with zero attached hydrogens (tertiary/aromatic N) is 1. The van der Waals surface area contributed by atoms with Crippen molar-refractivity contribution in [2.45, 2.75) is 13.8 Å². The van der Waals surface area contributed by atoms with Crippen molar-refractivity contribution in [3.05, 3.63) is 53.6 Å². The summed E-state index contributed by atoms with van der Waals surface area (Å²) in [5.74, 6) is -1.01. The van der Waals surface area contributed by atoms with E-state index in [1.165, 1.54) is 0 Å². The van der Waals surface area contributed by atoms with Gasteiger partial charge in [-0.15, -0.1) is 0 Å². The van der Waals surface area contributed by atoms with Crippen LogP contribution in [0.3, 0.4) is 0 Å². The number of carboxylic acids is 1. The van der Waals surface area contributed by atoms with Gasteiger partial charge in [-0.05, 0) is 43.7 Å². The van der Waals surface area contributed by atoms with Gasteiger partial charge in [0.1, 0.15) is 0 Å². The molecule has 0 spiro atoms. The summed E-state index contributed by atoms with van der Waals surface area (Å²) in [6, 6.07) is 13.1. The lowest BCUT2D eigenvalue weighted by Crippen LogP contribution is -2.17. The van der Waals surface area contributed by atoms with E-state index in [0.29, 0.717) is 0 Å². The molecule has 2 rings (SSSR count). The second kappa shape index (κ2) is 5.65. The maximum Gasteiger partial charge on any atom is 0.337 e. The Morgan fingerprint density at radius 3 is 2.50 bits per heavy atom. The number of hydrogen-bond acceptors (Lipinski definition) is 3. The number of anilines is 3. The Morgan fingerprint density at radius 1 is 1.25 bits per heavy atom. The lowest BCUT2D eigenvalue weighted by atomic mass is 10.1. The van der Waals surface area contributed by atoms with Gasteiger partial charge in [0.15, 0.2) is 0 Å². The van der Waals surface area contributed by atoms with Crippen molar-refractivity contribution in [2.24, 2.45) is 0 Å². The number of carboxylic acid groups (broad SMARTS) is 1. The topological polar surface area (TPSA) is 66.6 Å². The van der Waals surface area contributed by atoms with E-state index in [1.807, 2.05) is 38.1 Å². The van der Waals surface area contributed by atoms with Crippen molar-refractivity contribution in [3.8, 4) is 0 Å². The molecule has 0 aromatic heterocycles. The molecule has 0 aliphatic heterocycles. The highest BCUT2D eigenvalue weighted by Crippen LogP contribution is 2.30. The van der Waals surface area contributed by atoms with E-state index in [4.69, 9.17) is 10.8 Å². The van der Waals surface area contributed by atoms with Crippen LogP contribution in [-0.4, -0.2) is 17.6 Å². The quantitative estimate of drug-likeness (QED) is 0.835. The third kappa shape index (κ3) is 2.59. The van der Waals surface area contributed by atoms with Crippen molar-refractivity contribution < 1.29 is 9.90 Å². The standard InChI is InChI=1S/C16H18N2O2/c1-3-18(15-7-5-4-6-11(15)2)12-8-9-13(16(19)20)14(17)10-12/h4-10H,3,17H2,1-2H3,(H,19,20). The number of aromatic carboxylic acids is 1. The molecule has 0 atom stereocenters. The Morgan fingerprint density at radius 2 is 1.95 bits per heavy atom. The van der Waals surface area contributed by atoms with Gasteiger partial charge < -0.3 is 15.7 Å². The first-order valence-electron chi connectivity index (χ1n) is 6.50. The van der Waals surface area contributed by atoms with E-state index >= 15 is 0 Å². The van der Waals surface area contributed by atoms with E-state index in [-0.39, 0.29) is 11.3 Å². The molecule has 0 unspecified atom stereocenters. The molecule has 0 saturated carbocycles. The van der Waals surface area contributed by atoms with Crippen molar-refractivity contribution in [3.63, 3.8) is 0 Å². The van der Waals surface area contributed by atoms with Crippen LogP contribution >= 0.6 is 0 Å². The highest BCUT2D eigenvalue weighted by molar-refractivity contribution is 5.94. The zero-order chi connectivity index (χ0) is 14.7. The first kappa shape index (κ1) is 13.9. The molecule has 2 aromatic rings. The summed E-state index contributed by atoms with van der Waals surface area (Å²) in [6.45, 7) is 4.87. The zero-order valence-corrected chi connectivity index (χ0v) is 11.6. The third-order valence-electron chi connectivity index (χ3n) is 3.30. The molecule has 20 heavy (non-hydrogen) atoms. The minimum absolute atomic E-state index is 0.134. The largest absolute Gasteiger partial charge is 0.478 e. The second-order valence-corrected chi connectivity index (χ2v) is 4.61. The summed E-state index contributed by atoms with van der Waals surface area (Å²) in [5, 5.41) is 9.02. The lowest BCUT2D eigenvalue weighted by molar-refractivity contribution is 0.0698. The van der Waals surface area contributed by atoms with Crippen LogP contribution in [0.5, 0.6) is 0 Å². The van der Waals surface area contributed by atoms with E-state index in [2.05, 4.69) is 4.90 Å². The fraction of sp³-hybridized carbons (Fsp3) is 0.188. The van der Waals surface area contributed by atoms with Crippen molar-refractivity contribution in [1.29, 1.82) is 0 Å². The maximum absolute atomic E-state index is 11.0. The van der Waals surface area contributed by atoms with Gasteiger partial charge in [-0.25, -0.2) is 4.79 Å². The molecule has 0 heterocycles. The Hall–Kier alpha value is -2.49. The normalized spacial score (nSPS) is 10.3. The van der Waals surface area contributed by atoms with Gasteiger partial charge >= 0.3 is 5.97 Å². The van der Waals surface area contributed by atoms with E-state index in [0.717, 1.165) is 23.5 Å². The van der Waals surface area contributed by atoms with Gasteiger partial charge in [-0.1, -0.05) is 18.2 Å². The Bertz CT molecular complexity index is 638. The van der Waals surface area contributed by atoms with Gasteiger partial charge in [0.25, 0.3) is 0 Å². The summed E-state index contributed by atoms with van der Waals surface area (Å²) in [6.07, 6.45) is 0. The number of carbonyl (C=O) groups is 1. The Labute approximate surface area is 118 Å². The number of nitrogen functional groups attached to an aromatic ring is 1. The molecule has 0 bridgehead atoms. The molecule has 0 aliphatic carbocycles. The van der Waals surface area contributed by atoms with Crippen LogP contribution in [0.2, 0.25) is 0 Å². The van der Waals surface area contributed by atoms with Crippen molar-refractivity contribution >= 4 is 23.0 Å². The minimum atomic E-state index is -1.01. The average Bonchev–Trinajstić information content (AvgIpc) is 2.41. The predicted octanol–water partition coefficient (Wildman–Crippen LogP) is 3.43. The molecule has 0 fully saturated rings. The van der Waals surface area contributed by atoms with Gasteiger partial charge in [-0.2, -0.15) is 0 Å². The highest BCUT2D eigenvalue weighted by Gasteiger charge is 2.13. The molecule has 104 valence electrons. The van der Waals surface area contributed by atoms with Crippen LogP contribution in [0.25, 0.3) is 0 Å². The fourth-order valence-corrected chi connectivity index (χ4v) is 2.27. The molecule has 0 saturated heterocycles. The first-order valence-corrected chi connectivity index (χ1v) is 6.50. The van der Waals surface area contributed by atoms with Crippen molar-refractivity contribution in [1.82, 2.24) is 0 Å². The fourth-order valence-electron chi connectivity index (χ4n) is 2.27. The Balaban J connectivity index is 2.46. The van der Waals surface area contributed by atoms with Crippen LogP contribution in [-0.2, 0) is 0 Å². The van der Waals surface area contributed by atoms with E-state index in [9.17, 15) is 4.79 Å². The molecular formula is C16H18N2O2. The number of hydrogen-bond donors (Lipinski definition) is 2. The third-order valence-corrected chi connectivity index (χ3v) is 3.30. The summed E-state index contributed by atoms with van der Waals surface area (Å²) >= 11 is 0.